The Morgan fingerprint density at radius 3 is 2.96 bits per heavy atom. The van der Waals surface area contributed by atoms with Crippen LogP contribution in [0.15, 0.2) is 23.2 Å². The molecule has 2 rings (SSSR count). The lowest BCUT2D eigenvalue weighted by molar-refractivity contribution is 0.181. The van der Waals surface area contributed by atoms with Crippen LogP contribution in [0.2, 0.25) is 5.02 Å². The Labute approximate surface area is 143 Å². The van der Waals surface area contributed by atoms with Gasteiger partial charge in [0.1, 0.15) is 5.75 Å². The van der Waals surface area contributed by atoms with Gasteiger partial charge in [-0.3, -0.25) is 4.99 Å². The van der Waals surface area contributed by atoms with E-state index in [0.717, 1.165) is 61.4 Å². The van der Waals surface area contributed by atoms with E-state index in [0.29, 0.717) is 5.92 Å². The van der Waals surface area contributed by atoms with Crippen molar-refractivity contribution < 1.29 is 9.47 Å². The minimum Gasteiger partial charge on any atom is -0.497 e. The number of hydrogen-bond acceptors (Lipinski definition) is 3. The minimum absolute atomic E-state index is 0.592. The first-order valence-corrected chi connectivity index (χ1v) is 8.33. The van der Waals surface area contributed by atoms with Gasteiger partial charge in [-0.25, -0.2) is 0 Å². The van der Waals surface area contributed by atoms with Crippen LogP contribution >= 0.6 is 11.6 Å². The molecule has 0 saturated carbocycles. The van der Waals surface area contributed by atoms with Crippen molar-refractivity contribution in [1.82, 2.24) is 10.2 Å². The molecule has 0 spiro atoms. The van der Waals surface area contributed by atoms with Crippen LogP contribution in [0.1, 0.15) is 12.0 Å². The first-order chi connectivity index (χ1) is 11.1. The molecule has 0 aliphatic carbocycles. The van der Waals surface area contributed by atoms with Crippen molar-refractivity contribution in [2.75, 3.05) is 47.5 Å². The fourth-order valence-corrected chi connectivity index (χ4v) is 3.02. The first-order valence-electron chi connectivity index (χ1n) is 7.96. The highest BCUT2D eigenvalue weighted by molar-refractivity contribution is 6.31. The predicted octanol–water partition coefficient (Wildman–Crippen LogP) is 2.43. The summed E-state index contributed by atoms with van der Waals surface area (Å²) in [7, 11) is 5.51. The first kappa shape index (κ1) is 17.9. The lowest BCUT2D eigenvalue weighted by Gasteiger charge is -2.24. The van der Waals surface area contributed by atoms with Crippen LogP contribution in [0.5, 0.6) is 5.75 Å². The fraction of sp³-hybridized carbons (Fsp3) is 0.588. The van der Waals surface area contributed by atoms with E-state index < -0.39 is 0 Å². The van der Waals surface area contributed by atoms with Gasteiger partial charge in [0.05, 0.1) is 13.7 Å². The van der Waals surface area contributed by atoms with Gasteiger partial charge < -0.3 is 19.7 Å². The van der Waals surface area contributed by atoms with E-state index >= 15 is 0 Å². The average Bonchev–Trinajstić information content (AvgIpc) is 3.05. The molecule has 5 nitrogen and oxygen atoms in total. The van der Waals surface area contributed by atoms with Crippen LogP contribution in [-0.4, -0.2) is 58.4 Å². The molecule has 1 fully saturated rings. The molecule has 1 saturated heterocycles. The van der Waals surface area contributed by atoms with Crippen molar-refractivity contribution in [3.63, 3.8) is 0 Å². The molecule has 1 heterocycles. The SMILES string of the molecule is CN=C(NCCc1ccc(OC)cc1Cl)N(C)CC1CCOC1. The Morgan fingerprint density at radius 2 is 2.35 bits per heavy atom. The molecule has 1 aliphatic heterocycles. The molecular formula is C17H26ClN3O2. The highest BCUT2D eigenvalue weighted by Crippen LogP contribution is 2.22. The minimum atomic E-state index is 0.592. The van der Waals surface area contributed by atoms with Crippen LogP contribution in [0.4, 0.5) is 0 Å². The summed E-state index contributed by atoms with van der Waals surface area (Å²) >= 11 is 6.27. The summed E-state index contributed by atoms with van der Waals surface area (Å²) in [6.45, 7) is 3.47. The van der Waals surface area contributed by atoms with Gasteiger partial charge in [-0.15, -0.1) is 0 Å². The summed E-state index contributed by atoms with van der Waals surface area (Å²) < 4.78 is 10.6. The van der Waals surface area contributed by atoms with E-state index in [2.05, 4.69) is 22.3 Å². The third kappa shape index (κ3) is 5.29. The molecule has 0 bridgehead atoms. The number of aliphatic imine (C=N–C) groups is 1. The maximum Gasteiger partial charge on any atom is 0.193 e. The van der Waals surface area contributed by atoms with Gasteiger partial charge in [0.15, 0.2) is 5.96 Å². The third-order valence-electron chi connectivity index (χ3n) is 4.07. The van der Waals surface area contributed by atoms with Crippen LogP contribution in [0, 0.1) is 5.92 Å². The van der Waals surface area contributed by atoms with Crippen molar-refractivity contribution in [1.29, 1.82) is 0 Å². The molecule has 23 heavy (non-hydrogen) atoms. The van der Waals surface area contributed by atoms with E-state index in [1.165, 1.54) is 0 Å². The number of halogens is 1. The normalized spacial score (nSPS) is 18.1. The Balaban J connectivity index is 1.81. The zero-order valence-corrected chi connectivity index (χ0v) is 14.9. The van der Waals surface area contributed by atoms with E-state index in [1.807, 2.05) is 25.2 Å². The molecule has 1 aliphatic rings. The summed E-state index contributed by atoms with van der Waals surface area (Å²) in [4.78, 5) is 6.51. The second-order valence-corrected chi connectivity index (χ2v) is 6.20. The van der Waals surface area contributed by atoms with Gasteiger partial charge in [-0.05, 0) is 30.5 Å². The van der Waals surface area contributed by atoms with Crippen LogP contribution in [-0.2, 0) is 11.2 Å². The molecule has 0 aromatic heterocycles. The number of guanidine groups is 1. The summed E-state index contributed by atoms with van der Waals surface area (Å²) in [5, 5.41) is 4.13. The Morgan fingerprint density at radius 1 is 1.52 bits per heavy atom. The van der Waals surface area contributed by atoms with Crippen molar-refractivity contribution in [2.24, 2.45) is 10.9 Å². The van der Waals surface area contributed by atoms with E-state index in [1.54, 1.807) is 7.11 Å². The van der Waals surface area contributed by atoms with Crippen LogP contribution < -0.4 is 10.1 Å². The molecule has 1 aromatic rings. The van der Waals surface area contributed by atoms with Gasteiger partial charge >= 0.3 is 0 Å². The quantitative estimate of drug-likeness (QED) is 0.638. The zero-order chi connectivity index (χ0) is 16.7. The predicted molar refractivity (Wildman–Crippen MR) is 94.6 cm³/mol. The van der Waals surface area contributed by atoms with Gasteiger partial charge in [0, 0.05) is 44.7 Å². The Bertz CT molecular complexity index is 531. The van der Waals surface area contributed by atoms with Crippen LogP contribution in [0.3, 0.4) is 0 Å². The number of benzene rings is 1. The van der Waals surface area contributed by atoms with E-state index in [9.17, 15) is 0 Å². The van der Waals surface area contributed by atoms with Gasteiger partial charge in [0.2, 0.25) is 0 Å². The summed E-state index contributed by atoms with van der Waals surface area (Å²) in [6.07, 6.45) is 1.96. The smallest absolute Gasteiger partial charge is 0.193 e. The maximum atomic E-state index is 6.27. The number of hydrogen-bond donors (Lipinski definition) is 1. The highest BCUT2D eigenvalue weighted by Gasteiger charge is 2.18. The largest absolute Gasteiger partial charge is 0.497 e. The number of nitrogens with one attached hydrogen (secondary N) is 1. The van der Waals surface area contributed by atoms with Gasteiger partial charge in [-0.1, -0.05) is 17.7 Å². The standard InChI is InChI=1S/C17H26ClN3O2/c1-19-17(21(2)11-13-7-9-23-12-13)20-8-6-14-4-5-15(22-3)10-16(14)18/h4-5,10,13H,6-9,11-12H2,1-3H3,(H,19,20). The molecule has 1 aromatic carbocycles. The number of nitrogens with zero attached hydrogens (tertiary/aromatic N) is 2. The number of methoxy groups -OCH3 is 1. The second kappa shape index (κ2) is 8.99. The zero-order valence-electron chi connectivity index (χ0n) is 14.1. The van der Waals surface area contributed by atoms with Crippen molar-refractivity contribution in [3.8, 4) is 5.75 Å². The third-order valence-corrected chi connectivity index (χ3v) is 4.42. The van der Waals surface area contributed by atoms with Gasteiger partial charge in [-0.2, -0.15) is 0 Å². The molecular weight excluding hydrogens is 314 g/mol. The molecule has 0 amide bonds. The van der Waals surface area contributed by atoms with E-state index in [-0.39, 0.29) is 0 Å². The summed E-state index contributed by atoms with van der Waals surface area (Å²) in [5.41, 5.74) is 1.10. The van der Waals surface area contributed by atoms with E-state index in [4.69, 9.17) is 21.1 Å². The monoisotopic (exact) mass is 339 g/mol. The van der Waals surface area contributed by atoms with Crippen molar-refractivity contribution >= 4 is 17.6 Å². The fourth-order valence-electron chi connectivity index (χ4n) is 2.75. The molecule has 0 radical (unpaired) electrons. The summed E-state index contributed by atoms with van der Waals surface area (Å²) in [6, 6.07) is 5.78. The van der Waals surface area contributed by atoms with Crippen molar-refractivity contribution in [3.05, 3.63) is 28.8 Å². The molecule has 1 atom stereocenters. The Hall–Kier alpha value is -1.46. The molecule has 1 N–H and O–H groups in total. The number of ether oxygens (including phenoxy) is 2. The Kier molecular flexibility index (Phi) is 6.99. The van der Waals surface area contributed by atoms with Crippen molar-refractivity contribution in [2.45, 2.75) is 12.8 Å². The lowest BCUT2D eigenvalue weighted by Crippen LogP contribution is -2.42. The topological polar surface area (TPSA) is 46.1 Å². The molecule has 128 valence electrons. The lowest BCUT2D eigenvalue weighted by atomic mass is 10.1. The molecule has 6 heteroatoms. The number of rotatable bonds is 6. The van der Waals surface area contributed by atoms with Gasteiger partial charge in [0.25, 0.3) is 0 Å². The summed E-state index contributed by atoms with van der Waals surface area (Å²) in [5.74, 6) is 2.28. The highest BCUT2D eigenvalue weighted by atomic mass is 35.5. The molecule has 1 unspecified atom stereocenters. The second-order valence-electron chi connectivity index (χ2n) is 5.79. The van der Waals surface area contributed by atoms with Crippen LogP contribution in [0.25, 0.3) is 0 Å². The maximum absolute atomic E-state index is 6.27. The average molecular weight is 340 g/mol.